The van der Waals surface area contributed by atoms with Gasteiger partial charge < -0.3 is 14.4 Å². The number of hydrogen-bond donors (Lipinski definition) is 0. The molecule has 0 radical (unpaired) electrons. The van der Waals surface area contributed by atoms with E-state index in [-0.39, 0.29) is 5.97 Å². The normalized spacial score (nSPS) is 10.5. The highest BCUT2D eigenvalue weighted by Gasteiger charge is 2.06. The number of rotatable bonds is 6. The number of aryl methyl sites for hydroxylation is 1. The van der Waals surface area contributed by atoms with Gasteiger partial charge in [-0.3, -0.25) is 4.79 Å². The van der Waals surface area contributed by atoms with E-state index < -0.39 is 0 Å². The number of carbonyl (C=O) groups is 1. The van der Waals surface area contributed by atoms with Crippen LogP contribution in [0.2, 0.25) is 0 Å². The predicted molar refractivity (Wildman–Crippen MR) is 70.7 cm³/mol. The third-order valence-electron chi connectivity index (χ3n) is 2.84. The Morgan fingerprint density at radius 3 is 2.61 bits per heavy atom. The van der Waals surface area contributed by atoms with Crippen LogP contribution < -0.4 is 4.74 Å². The molecule has 1 aromatic carbocycles. The van der Waals surface area contributed by atoms with Crippen LogP contribution in [0, 0.1) is 6.92 Å². The molecule has 0 heterocycles. The van der Waals surface area contributed by atoms with Crippen molar-refractivity contribution < 1.29 is 14.3 Å². The lowest BCUT2D eigenvalue weighted by molar-refractivity contribution is -0.140. The summed E-state index contributed by atoms with van der Waals surface area (Å²) in [5.74, 6) is 0.726. The number of hydrogen-bond acceptors (Lipinski definition) is 4. The molecule has 0 bridgehead atoms. The monoisotopic (exact) mass is 251 g/mol. The van der Waals surface area contributed by atoms with Gasteiger partial charge in [-0.2, -0.15) is 0 Å². The van der Waals surface area contributed by atoms with Crippen molar-refractivity contribution in [2.45, 2.75) is 19.9 Å². The van der Waals surface area contributed by atoms with Crippen LogP contribution in [0.4, 0.5) is 0 Å². The van der Waals surface area contributed by atoms with Crippen molar-refractivity contribution in [1.82, 2.24) is 4.90 Å². The van der Waals surface area contributed by atoms with Crippen LogP contribution >= 0.6 is 0 Å². The van der Waals surface area contributed by atoms with Gasteiger partial charge in [0.1, 0.15) is 5.75 Å². The fourth-order valence-electron chi connectivity index (χ4n) is 1.81. The predicted octanol–water partition coefficient (Wildman–Crippen LogP) is 2.00. The first kappa shape index (κ1) is 14.5. The Bertz CT molecular complexity index is 404. The van der Waals surface area contributed by atoms with Crippen LogP contribution in [0.3, 0.4) is 0 Å². The number of ether oxygens (including phenoxy) is 2. The Hall–Kier alpha value is -1.55. The maximum Gasteiger partial charge on any atom is 0.306 e. The molecular weight excluding hydrogens is 230 g/mol. The van der Waals surface area contributed by atoms with Crippen molar-refractivity contribution in [2.75, 3.05) is 27.8 Å². The second-order valence-electron chi connectivity index (χ2n) is 4.37. The molecule has 4 nitrogen and oxygen atoms in total. The van der Waals surface area contributed by atoms with Gasteiger partial charge in [0.25, 0.3) is 0 Å². The molecule has 1 aromatic rings. The summed E-state index contributed by atoms with van der Waals surface area (Å²) in [6, 6.07) is 6.12. The summed E-state index contributed by atoms with van der Waals surface area (Å²) in [7, 11) is 5.07. The van der Waals surface area contributed by atoms with Gasteiger partial charge in [-0.05, 0) is 31.2 Å². The second kappa shape index (κ2) is 7.01. The second-order valence-corrected chi connectivity index (χ2v) is 4.37. The molecule has 0 atom stereocenters. The lowest BCUT2D eigenvalue weighted by Gasteiger charge is -2.16. The molecule has 100 valence electrons. The molecule has 1 rings (SSSR count). The van der Waals surface area contributed by atoms with Gasteiger partial charge in [0.05, 0.1) is 20.6 Å². The minimum Gasteiger partial charge on any atom is -0.496 e. The maximum atomic E-state index is 11.0. The van der Waals surface area contributed by atoms with E-state index in [4.69, 9.17) is 4.74 Å². The molecule has 0 aromatic heterocycles. The summed E-state index contributed by atoms with van der Waals surface area (Å²) in [5, 5.41) is 0. The summed E-state index contributed by atoms with van der Waals surface area (Å²) in [6.07, 6.45) is 0.419. The van der Waals surface area contributed by atoms with E-state index in [2.05, 4.69) is 15.7 Å². The van der Waals surface area contributed by atoms with E-state index in [0.717, 1.165) is 17.9 Å². The highest BCUT2D eigenvalue weighted by Crippen LogP contribution is 2.19. The van der Waals surface area contributed by atoms with Crippen molar-refractivity contribution in [1.29, 1.82) is 0 Å². The quantitative estimate of drug-likeness (QED) is 0.725. The Labute approximate surface area is 108 Å². The van der Waals surface area contributed by atoms with E-state index in [9.17, 15) is 4.79 Å². The van der Waals surface area contributed by atoms with Gasteiger partial charge in [0.15, 0.2) is 0 Å². The van der Waals surface area contributed by atoms with E-state index in [1.165, 1.54) is 12.7 Å². The number of carbonyl (C=O) groups excluding carboxylic acids is 1. The lowest BCUT2D eigenvalue weighted by Crippen LogP contribution is -2.21. The Morgan fingerprint density at radius 1 is 1.33 bits per heavy atom. The molecule has 0 unspecified atom stereocenters. The number of methoxy groups -OCH3 is 2. The number of nitrogens with zero attached hydrogens (tertiary/aromatic N) is 1. The van der Waals surface area contributed by atoms with Crippen LogP contribution in [-0.2, 0) is 16.1 Å². The van der Waals surface area contributed by atoms with Gasteiger partial charge in [0, 0.05) is 13.1 Å². The van der Waals surface area contributed by atoms with E-state index >= 15 is 0 Å². The first-order valence-electron chi connectivity index (χ1n) is 5.95. The Morgan fingerprint density at radius 2 is 2.06 bits per heavy atom. The standard InChI is InChI=1S/C14H21NO3/c1-11-9-12(5-6-13(11)17-3)10-15(2)8-7-14(16)18-4/h5-6,9H,7-8,10H2,1-4H3. The van der Waals surface area contributed by atoms with Gasteiger partial charge in [-0.1, -0.05) is 12.1 Å². The zero-order valence-electron chi connectivity index (χ0n) is 11.5. The highest BCUT2D eigenvalue weighted by atomic mass is 16.5. The van der Waals surface area contributed by atoms with Crippen LogP contribution in [0.5, 0.6) is 5.75 Å². The molecule has 0 aliphatic rings. The third-order valence-corrected chi connectivity index (χ3v) is 2.84. The average Bonchev–Trinajstić information content (AvgIpc) is 2.36. The van der Waals surface area contributed by atoms with E-state index in [0.29, 0.717) is 13.0 Å². The zero-order valence-corrected chi connectivity index (χ0v) is 11.5. The Kier molecular flexibility index (Phi) is 5.65. The molecule has 0 N–H and O–H groups in total. The molecule has 0 aliphatic carbocycles. The molecule has 0 spiro atoms. The largest absolute Gasteiger partial charge is 0.496 e. The minimum absolute atomic E-state index is 0.173. The van der Waals surface area contributed by atoms with E-state index in [1.807, 2.05) is 26.1 Å². The molecule has 0 aliphatic heterocycles. The van der Waals surface area contributed by atoms with E-state index in [1.54, 1.807) is 7.11 Å². The van der Waals surface area contributed by atoms with Crippen molar-refractivity contribution in [2.24, 2.45) is 0 Å². The number of benzene rings is 1. The summed E-state index contributed by atoms with van der Waals surface area (Å²) in [4.78, 5) is 13.1. The SMILES string of the molecule is COC(=O)CCN(C)Cc1ccc(OC)c(C)c1. The summed E-state index contributed by atoms with van der Waals surface area (Å²) in [6.45, 7) is 3.52. The van der Waals surface area contributed by atoms with Crippen LogP contribution in [0.1, 0.15) is 17.5 Å². The van der Waals surface area contributed by atoms with Gasteiger partial charge >= 0.3 is 5.97 Å². The van der Waals surface area contributed by atoms with Crippen molar-refractivity contribution in [3.63, 3.8) is 0 Å². The van der Waals surface area contributed by atoms with Crippen molar-refractivity contribution in [3.05, 3.63) is 29.3 Å². The Balaban J connectivity index is 2.51. The first-order valence-corrected chi connectivity index (χ1v) is 5.95. The van der Waals surface area contributed by atoms with Crippen LogP contribution in [0.15, 0.2) is 18.2 Å². The molecule has 0 saturated heterocycles. The highest BCUT2D eigenvalue weighted by molar-refractivity contribution is 5.69. The molecule has 0 saturated carbocycles. The zero-order chi connectivity index (χ0) is 13.5. The molecule has 0 fully saturated rings. The first-order chi connectivity index (χ1) is 8.56. The summed E-state index contributed by atoms with van der Waals surface area (Å²) in [5.41, 5.74) is 2.33. The van der Waals surface area contributed by atoms with Gasteiger partial charge in [-0.25, -0.2) is 0 Å². The summed E-state index contributed by atoms with van der Waals surface area (Å²) >= 11 is 0. The number of esters is 1. The smallest absolute Gasteiger partial charge is 0.306 e. The van der Waals surface area contributed by atoms with Crippen LogP contribution in [0.25, 0.3) is 0 Å². The molecule has 4 heteroatoms. The summed E-state index contributed by atoms with van der Waals surface area (Å²) < 4.78 is 9.84. The maximum absolute atomic E-state index is 11.0. The minimum atomic E-state index is -0.173. The lowest BCUT2D eigenvalue weighted by atomic mass is 10.1. The fraction of sp³-hybridized carbons (Fsp3) is 0.500. The third kappa shape index (κ3) is 4.37. The molecular formula is C14H21NO3. The molecule has 0 amide bonds. The van der Waals surface area contributed by atoms with Gasteiger partial charge in [0.2, 0.25) is 0 Å². The average molecular weight is 251 g/mol. The van der Waals surface area contributed by atoms with Crippen molar-refractivity contribution in [3.8, 4) is 5.75 Å². The molecule has 18 heavy (non-hydrogen) atoms. The van der Waals surface area contributed by atoms with Crippen LogP contribution in [-0.4, -0.2) is 38.7 Å². The van der Waals surface area contributed by atoms with Crippen molar-refractivity contribution >= 4 is 5.97 Å². The fourth-order valence-corrected chi connectivity index (χ4v) is 1.81. The topological polar surface area (TPSA) is 38.8 Å². The van der Waals surface area contributed by atoms with Gasteiger partial charge in [-0.15, -0.1) is 0 Å².